The van der Waals surface area contributed by atoms with Crippen LogP contribution in [0.25, 0.3) is 0 Å². The molecule has 92 valence electrons. The third-order valence-corrected chi connectivity index (χ3v) is 1.96. The van der Waals surface area contributed by atoms with Gasteiger partial charge >= 0.3 is 5.97 Å². The first kappa shape index (κ1) is 13.3. The number of esters is 1. The predicted octanol–water partition coefficient (Wildman–Crippen LogP) is 3.23. The van der Waals surface area contributed by atoms with E-state index in [1.165, 1.54) is 0 Å². The molecule has 0 spiro atoms. The summed E-state index contributed by atoms with van der Waals surface area (Å²) in [5, 5.41) is 0. The SMILES string of the molecule is CC(C)=CCOC(=O)c1ccc(F)c(F)c1F. The van der Waals surface area contributed by atoms with Gasteiger partial charge in [0, 0.05) is 0 Å². The van der Waals surface area contributed by atoms with E-state index in [2.05, 4.69) is 4.74 Å². The highest BCUT2D eigenvalue weighted by Gasteiger charge is 2.19. The second-order valence-electron chi connectivity index (χ2n) is 3.60. The molecule has 1 rings (SSSR count). The highest BCUT2D eigenvalue weighted by Crippen LogP contribution is 2.16. The minimum Gasteiger partial charge on any atom is -0.458 e. The average molecular weight is 244 g/mol. The number of hydrogen-bond donors (Lipinski definition) is 0. The Morgan fingerprint density at radius 3 is 2.47 bits per heavy atom. The summed E-state index contributed by atoms with van der Waals surface area (Å²) in [4.78, 5) is 11.3. The maximum absolute atomic E-state index is 13.2. The van der Waals surface area contributed by atoms with Crippen LogP contribution in [0, 0.1) is 17.5 Å². The highest BCUT2D eigenvalue weighted by atomic mass is 19.2. The van der Waals surface area contributed by atoms with Gasteiger partial charge in [-0.2, -0.15) is 0 Å². The molecule has 0 bridgehead atoms. The molecule has 0 radical (unpaired) electrons. The predicted molar refractivity (Wildman–Crippen MR) is 56.0 cm³/mol. The topological polar surface area (TPSA) is 26.3 Å². The molecule has 0 amide bonds. The summed E-state index contributed by atoms with van der Waals surface area (Å²) in [6.45, 7) is 3.55. The number of halogens is 3. The van der Waals surface area contributed by atoms with Gasteiger partial charge in [-0.3, -0.25) is 0 Å². The summed E-state index contributed by atoms with van der Waals surface area (Å²) >= 11 is 0. The van der Waals surface area contributed by atoms with E-state index in [9.17, 15) is 18.0 Å². The van der Waals surface area contributed by atoms with Crippen molar-refractivity contribution >= 4 is 5.97 Å². The lowest BCUT2D eigenvalue weighted by Gasteiger charge is -2.04. The van der Waals surface area contributed by atoms with E-state index in [-0.39, 0.29) is 6.61 Å². The Kier molecular flexibility index (Phi) is 4.31. The van der Waals surface area contributed by atoms with Crippen molar-refractivity contribution in [2.24, 2.45) is 0 Å². The van der Waals surface area contributed by atoms with Crippen molar-refractivity contribution in [2.45, 2.75) is 13.8 Å². The number of ether oxygens (including phenoxy) is 1. The Bertz CT molecular complexity index is 463. The van der Waals surface area contributed by atoms with Crippen LogP contribution in [0.3, 0.4) is 0 Å². The minimum atomic E-state index is -1.68. The number of hydrogen-bond acceptors (Lipinski definition) is 2. The summed E-state index contributed by atoms with van der Waals surface area (Å²) in [7, 11) is 0. The van der Waals surface area contributed by atoms with Crippen molar-refractivity contribution < 1.29 is 22.7 Å². The Morgan fingerprint density at radius 1 is 1.24 bits per heavy atom. The number of rotatable bonds is 3. The summed E-state index contributed by atoms with van der Waals surface area (Å²) in [6, 6.07) is 1.52. The number of carbonyl (C=O) groups excluding carboxylic acids is 1. The molecular weight excluding hydrogens is 233 g/mol. The molecule has 1 aromatic carbocycles. The third kappa shape index (κ3) is 3.34. The van der Waals surface area contributed by atoms with Gasteiger partial charge in [0.15, 0.2) is 17.5 Å². The number of benzene rings is 1. The normalized spacial score (nSPS) is 9.94. The molecule has 0 aliphatic rings. The van der Waals surface area contributed by atoms with Gasteiger partial charge in [0.2, 0.25) is 0 Å². The fourth-order valence-electron chi connectivity index (χ4n) is 1.05. The molecular formula is C12H11F3O2. The van der Waals surface area contributed by atoms with Crippen molar-refractivity contribution in [3.8, 4) is 0 Å². The van der Waals surface area contributed by atoms with E-state index >= 15 is 0 Å². The zero-order valence-corrected chi connectivity index (χ0v) is 9.39. The molecule has 1 aromatic rings. The van der Waals surface area contributed by atoms with Gasteiger partial charge < -0.3 is 4.74 Å². The van der Waals surface area contributed by atoms with Gasteiger partial charge in [-0.05, 0) is 32.1 Å². The molecule has 0 heterocycles. The molecule has 5 heteroatoms. The molecule has 0 saturated carbocycles. The van der Waals surface area contributed by atoms with E-state index in [1.54, 1.807) is 19.9 Å². The first-order chi connectivity index (χ1) is 7.93. The second kappa shape index (κ2) is 5.52. The molecule has 17 heavy (non-hydrogen) atoms. The summed E-state index contributed by atoms with van der Waals surface area (Å²) in [5.74, 6) is -5.59. The molecule has 0 saturated heterocycles. The standard InChI is InChI=1S/C12H11F3O2/c1-7(2)5-6-17-12(16)8-3-4-9(13)11(15)10(8)14/h3-5H,6H2,1-2H3. The van der Waals surface area contributed by atoms with Crippen molar-refractivity contribution in [2.75, 3.05) is 6.61 Å². The second-order valence-corrected chi connectivity index (χ2v) is 3.60. The van der Waals surface area contributed by atoms with Crippen LogP contribution >= 0.6 is 0 Å². The van der Waals surface area contributed by atoms with E-state index in [0.717, 1.165) is 11.6 Å². The van der Waals surface area contributed by atoms with E-state index < -0.39 is 29.0 Å². The zero-order valence-electron chi connectivity index (χ0n) is 9.39. The highest BCUT2D eigenvalue weighted by molar-refractivity contribution is 5.89. The van der Waals surface area contributed by atoms with Crippen LogP contribution in [-0.4, -0.2) is 12.6 Å². The molecule has 0 aliphatic heterocycles. The molecule has 0 aromatic heterocycles. The Labute approximate surface area is 96.7 Å². The summed E-state index contributed by atoms with van der Waals surface area (Å²) < 4.78 is 43.3. The van der Waals surface area contributed by atoms with Gasteiger partial charge in [-0.15, -0.1) is 0 Å². The lowest BCUT2D eigenvalue weighted by Crippen LogP contribution is -2.10. The molecule has 0 fully saturated rings. The van der Waals surface area contributed by atoms with Gasteiger partial charge in [0.05, 0.1) is 5.56 Å². The fourth-order valence-corrected chi connectivity index (χ4v) is 1.05. The van der Waals surface area contributed by atoms with Gasteiger partial charge in [0.1, 0.15) is 6.61 Å². The van der Waals surface area contributed by atoms with Crippen LogP contribution in [0.5, 0.6) is 0 Å². The Morgan fingerprint density at radius 2 is 1.88 bits per heavy atom. The van der Waals surface area contributed by atoms with Crippen LogP contribution in [-0.2, 0) is 4.74 Å². The molecule has 0 N–H and O–H groups in total. The Balaban J connectivity index is 2.83. The monoisotopic (exact) mass is 244 g/mol. The quantitative estimate of drug-likeness (QED) is 0.463. The molecule has 0 unspecified atom stereocenters. The smallest absolute Gasteiger partial charge is 0.341 e. The lowest BCUT2D eigenvalue weighted by molar-refractivity contribution is 0.0542. The number of carbonyl (C=O) groups is 1. The molecule has 0 atom stereocenters. The maximum atomic E-state index is 13.2. The van der Waals surface area contributed by atoms with Crippen LogP contribution in [0.1, 0.15) is 24.2 Å². The van der Waals surface area contributed by atoms with Crippen molar-refractivity contribution in [1.29, 1.82) is 0 Å². The number of allylic oxidation sites excluding steroid dienone is 1. The molecule has 2 nitrogen and oxygen atoms in total. The molecule has 0 aliphatic carbocycles. The first-order valence-electron chi connectivity index (χ1n) is 4.87. The van der Waals surface area contributed by atoms with Crippen LogP contribution < -0.4 is 0 Å². The van der Waals surface area contributed by atoms with E-state index in [1.807, 2.05) is 0 Å². The van der Waals surface area contributed by atoms with E-state index in [4.69, 9.17) is 0 Å². The zero-order chi connectivity index (χ0) is 13.0. The average Bonchev–Trinajstić information content (AvgIpc) is 2.25. The maximum Gasteiger partial charge on any atom is 0.341 e. The Hall–Kier alpha value is -1.78. The van der Waals surface area contributed by atoms with Crippen LogP contribution in [0.4, 0.5) is 13.2 Å². The van der Waals surface area contributed by atoms with Crippen molar-refractivity contribution in [3.05, 3.63) is 46.8 Å². The summed E-state index contributed by atoms with van der Waals surface area (Å²) in [6.07, 6.45) is 1.61. The van der Waals surface area contributed by atoms with Gasteiger partial charge in [0.25, 0.3) is 0 Å². The van der Waals surface area contributed by atoms with Gasteiger partial charge in [-0.1, -0.05) is 5.57 Å². The largest absolute Gasteiger partial charge is 0.458 e. The first-order valence-corrected chi connectivity index (χ1v) is 4.87. The van der Waals surface area contributed by atoms with E-state index in [0.29, 0.717) is 6.07 Å². The lowest BCUT2D eigenvalue weighted by atomic mass is 10.2. The van der Waals surface area contributed by atoms with Crippen molar-refractivity contribution in [3.63, 3.8) is 0 Å². The van der Waals surface area contributed by atoms with Gasteiger partial charge in [-0.25, -0.2) is 18.0 Å². The van der Waals surface area contributed by atoms with Crippen molar-refractivity contribution in [1.82, 2.24) is 0 Å². The minimum absolute atomic E-state index is 0.0421. The van der Waals surface area contributed by atoms with Crippen LogP contribution in [0.2, 0.25) is 0 Å². The summed E-state index contributed by atoms with van der Waals surface area (Å²) in [5.41, 5.74) is 0.301. The van der Waals surface area contributed by atoms with Crippen LogP contribution in [0.15, 0.2) is 23.8 Å². The third-order valence-electron chi connectivity index (χ3n) is 1.96. The fraction of sp³-hybridized carbons (Fsp3) is 0.250.